The third-order valence-corrected chi connectivity index (χ3v) is 7.41. The van der Waals surface area contributed by atoms with Crippen LogP contribution in [0, 0.1) is 13.8 Å². The summed E-state index contributed by atoms with van der Waals surface area (Å²) in [6.07, 6.45) is 3.30. The Balaban J connectivity index is 1.81. The molecule has 1 aliphatic heterocycles. The summed E-state index contributed by atoms with van der Waals surface area (Å²) in [6.45, 7) is 5.38. The third-order valence-electron chi connectivity index (χ3n) is 4.56. The Labute approximate surface area is 166 Å². The van der Waals surface area contributed by atoms with Gasteiger partial charge in [-0.25, -0.2) is 0 Å². The maximum absolute atomic E-state index is 11.8. The topological polar surface area (TPSA) is 116 Å². The minimum atomic E-state index is -0.517. The molecule has 7 nitrogen and oxygen atoms in total. The van der Waals surface area contributed by atoms with Gasteiger partial charge in [0, 0.05) is 0 Å². The van der Waals surface area contributed by atoms with Crippen LogP contribution >= 0.6 is 0 Å². The number of carbonyl (C=O) groups is 1. The standard InChI is InChI=1S/C19H25AsN5O2/c1-12-7-13(2)24-17(8-12)25-15-9-16(23-10-14(15)18(21)26)20-11-19(22)3-5-27-6-4-19/h7-10H,3-6,11,22H2,1-2H3,(H2,21,26)(H,23,24,25). The molecule has 1 aliphatic rings. The van der Waals surface area contributed by atoms with Gasteiger partial charge in [-0.3, -0.25) is 0 Å². The van der Waals surface area contributed by atoms with Crippen LogP contribution in [0.4, 0.5) is 11.5 Å². The van der Waals surface area contributed by atoms with Gasteiger partial charge in [0.2, 0.25) is 0 Å². The average Bonchev–Trinajstić information content (AvgIpc) is 2.60. The van der Waals surface area contributed by atoms with E-state index >= 15 is 0 Å². The Morgan fingerprint density at radius 3 is 2.70 bits per heavy atom. The van der Waals surface area contributed by atoms with Crippen LogP contribution in [0.1, 0.15) is 34.5 Å². The zero-order valence-electron chi connectivity index (χ0n) is 15.7. The molecule has 1 amide bonds. The number of nitrogens with two attached hydrogens (primary N) is 2. The van der Waals surface area contributed by atoms with Gasteiger partial charge in [-0.15, -0.1) is 0 Å². The second-order valence-electron chi connectivity index (χ2n) is 7.04. The molecule has 2 aromatic rings. The number of nitrogens with one attached hydrogen (secondary N) is 1. The molecule has 3 heterocycles. The quantitative estimate of drug-likeness (QED) is 0.593. The number of primary amides is 1. The summed E-state index contributed by atoms with van der Waals surface area (Å²) in [5, 5.41) is 4.15. The fourth-order valence-electron chi connectivity index (χ4n) is 3.05. The van der Waals surface area contributed by atoms with E-state index in [1.165, 1.54) is 0 Å². The number of amides is 1. The predicted molar refractivity (Wildman–Crippen MR) is 107 cm³/mol. The van der Waals surface area contributed by atoms with Crippen LogP contribution < -0.4 is 21.3 Å². The number of rotatable bonds is 6. The van der Waals surface area contributed by atoms with Crippen molar-refractivity contribution in [2.24, 2.45) is 11.5 Å². The molecule has 0 bridgehead atoms. The zero-order chi connectivity index (χ0) is 19.4. The van der Waals surface area contributed by atoms with Crippen molar-refractivity contribution >= 4 is 37.6 Å². The summed E-state index contributed by atoms with van der Waals surface area (Å²) in [5.41, 5.74) is 14.8. The van der Waals surface area contributed by atoms with Gasteiger partial charge in [0.05, 0.1) is 0 Å². The van der Waals surface area contributed by atoms with Crippen molar-refractivity contribution in [2.45, 2.75) is 37.4 Å². The molecule has 1 fully saturated rings. The Hall–Kier alpha value is -1.95. The summed E-state index contributed by atoms with van der Waals surface area (Å²) >= 11 is -0.225. The molecule has 1 radical (unpaired) electrons. The van der Waals surface area contributed by atoms with Gasteiger partial charge >= 0.3 is 166 Å². The molecule has 0 aromatic carbocycles. The summed E-state index contributed by atoms with van der Waals surface area (Å²) in [6, 6.07) is 5.84. The molecule has 1 saturated heterocycles. The minimum absolute atomic E-state index is 0.176. The normalized spacial score (nSPS) is 16.6. The van der Waals surface area contributed by atoms with Crippen molar-refractivity contribution in [2.75, 3.05) is 18.5 Å². The van der Waals surface area contributed by atoms with E-state index in [-0.39, 0.29) is 21.3 Å². The van der Waals surface area contributed by atoms with E-state index in [9.17, 15) is 4.79 Å². The molecular weight excluding hydrogens is 405 g/mol. The first-order chi connectivity index (χ1) is 12.8. The van der Waals surface area contributed by atoms with E-state index in [1.54, 1.807) is 6.20 Å². The van der Waals surface area contributed by atoms with Gasteiger partial charge < -0.3 is 0 Å². The van der Waals surface area contributed by atoms with Gasteiger partial charge in [-0.2, -0.15) is 0 Å². The number of carbonyl (C=O) groups excluding carboxylic acids is 1. The molecule has 8 heteroatoms. The van der Waals surface area contributed by atoms with Gasteiger partial charge in [-0.1, -0.05) is 0 Å². The molecule has 0 unspecified atom stereocenters. The molecule has 5 N–H and O–H groups in total. The maximum atomic E-state index is 11.8. The van der Waals surface area contributed by atoms with Crippen LogP contribution in [-0.2, 0) is 4.74 Å². The van der Waals surface area contributed by atoms with Crippen LogP contribution in [0.3, 0.4) is 0 Å². The number of nitrogens with zero attached hydrogens (tertiary/aromatic N) is 2. The SMILES string of the molecule is Cc1cc(C)nc(Nc2cc([As]CC3(N)CCOCC3)ncc2C(N)=O)c1. The van der Waals surface area contributed by atoms with Crippen LogP contribution in [0.5, 0.6) is 0 Å². The molecule has 3 rings (SSSR count). The number of hydrogen-bond donors (Lipinski definition) is 3. The summed E-state index contributed by atoms with van der Waals surface area (Å²) < 4.78 is 6.37. The predicted octanol–water partition coefficient (Wildman–Crippen LogP) is 1.19. The van der Waals surface area contributed by atoms with E-state index in [0.717, 1.165) is 47.0 Å². The van der Waals surface area contributed by atoms with Crippen LogP contribution in [-0.4, -0.2) is 50.4 Å². The van der Waals surface area contributed by atoms with Crippen LogP contribution in [0.2, 0.25) is 5.21 Å². The van der Waals surface area contributed by atoms with Gasteiger partial charge in [0.15, 0.2) is 0 Å². The fraction of sp³-hybridized carbons (Fsp3) is 0.421. The van der Waals surface area contributed by atoms with E-state index < -0.39 is 5.91 Å². The summed E-state index contributed by atoms with van der Waals surface area (Å²) in [4.78, 5) is 20.7. The fourth-order valence-corrected chi connectivity index (χ4v) is 5.47. The molecule has 2 aromatic heterocycles. The number of ether oxygens (including phenoxy) is 1. The number of hydrogen-bond acceptors (Lipinski definition) is 6. The molecule has 0 spiro atoms. The van der Waals surface area contributed by atoms with E-state index in [1.807, 2.05) is 32.0 Å². The second kappa shape index (κ2) is 8.38. The number of aromatic nitrogens is 2. The first kappa shape index (κ1) is 19.8. The first-order valence-electron chi connectivity index (χ1n) is 8.91. The third kappa shape index (κ3) is 5.28. The molecule has 0 saturated carbocycles. The van der Waals surface area contributed by atoms with Gasteiger partial charge in [0.1, 0.15) is 0 Å². The first-order valence-corrected chi connectivity index (χ1v) is 11.2. The Kier molecular flexibility index (Phi) is 6.14. The Morgan fingerprint density at radius 2 is 2.04 bits per heavy atom. The Morgan fingerprint density at radius 1 is 1.30 bits per heavy atom. The molecule has 0 aliphatic carbocycles. The molecular formula is C19H25AsN5O2. The summed E-state index contributed by atoms with van der Waals surface area (Å²) in [7, 11) is 0. The summed E-state index contributed by atoms with van der Waals surface area (Å²) in [5.74, 6) is 0.167. The number of anilines is 2. The van der Waals surface area contributed by atoms with Crippen molar-refractivity contribution < 1.29 is 9.53 Å². The van der Waals surface area contributed by atoms with Crippen molar-refractivity contribution in [1.29, 1.82) is 0 Å². The van der Waals surface area contributed by atoms with E-state index in [0.29, 0.717) is 17.1 Å². The second-order valence-corrected chi connectivity index (χ2v) is 9.33. The molecule has 143 valence electrons. The van der Waals surface area contributed by atoms with Crippen LogP contribution in [0.25, 0.3) is 0 Å². The van der Waals surface area contributed by atoms with E-state index in [4.69, 9.17) is 16.2 Å². The number of pyridine rings is 2. The van der Waals surface area contributed by atoms with Crippen LogP contribution in [0.15, 0.2) is 24.4 Å². The molecule has 0 atom stereocenters. The van der Waals surface area contributed by atoms with Crippen molar-refractivity contribution in [1.82, 2.24) is 9.97 Å². The van der Waals surface area contributed by atoms with Crippen molar-refractivity contribution in [3.8, 4) is 0 Å². The average molecular weight is 430 g/mol. The van der Waals surface area contributed by atoms with Crippen molar-refractivity contribution in [3.63, 3.8) is 0 Å². The monoisotopic (exact) mass is 430 g/mol. The van der Waals surface area contributed by atoms with E-state index in [2.05, 4.69) is 15.3 Å². The molecule has 27 heavy (non-hydrogen) atoms. The van der Waals surface area contributed by atoms with Crippen molar-refractivity contribution in [3.05, 3.63) is 41.2 Å². The Bertz CT molecular complexity index is 817. The zero-order valence-corrected chi connectivity index (χ0v) is 17.5. The number of aryl methyl sites for hydroxylation is 2. The van der Waals surface area contributed by atoms with Gasteiger partial charge in [-0.05, 0) is 0 Å². The van der Waals surface area contributed by atoms with Gasteiger partial charge in [0.25, 0.3) is 0 Å².